The summed E-state index contributed by atoms with van der Waals surface area (Å²) in [5.41, 5.74) is 2.65. The van der Waals surface area contributed by atoms with Crippen LogP contribution < -0.4 is 10.2 Å². The molecule has 0 atom stereocenters. The van der Waals surface area contributed by atoms with Crippen molar-refractivity contribution in [3.05, 3.63) is 54.1 Å². The number of carbonyl (C=O) groups excluding carboxylic acids is 1. The van der Waals surface area contributed by atoms with Crippen LogP contribution in [-0.2, 0) is 5.54 Å². The van der Waals surface area contributed by atoms with E-state index in [1.54, 1.807) is 11.0 Å². The molecule has 1 spiro atoms. The molecule has 156 valence electrons. The predicted octanol–water partition coefficient (Wildman–Crippen LogP) is 3.83. The van der Waals surface area contributed by atoms with E-state index in [0.29, 0.717) is 23.3 Å². The molecular weight excluding hydrogens is 380 g/mol. The number of carbonyl (C=O) groups is 1. The Labute approximate surface area is 175 Å². The van der Waals surface area contributed by atoms with Crippen LogP contribution in [-0.4, -0.2) is 47.2 Å². The molecule has 1 saturated carbocycles. The van der Waals surface area contributed by atoms with Gasteiger partial charge in [-0.25, -0.2) is 4.79 Å². The van der Waals surface area contributed by atoms with Crippen molar-refractivity contribution in [1.82, 2.24) is 15.2 Å². The van der Waals surface area contributed by atoms with Crippen molar-refractivity contribution in [3.63, 3.8) is 0 Å². The average Bonchev–Trinajstić information content (AvgIpc) is 3.28. The quantitative estimate of drug-likeness (QED) is 0.691. The molecule has 2 N–H and O–H groups in total. The Kier molecular flexibility index (Phi) is 4.25. The standard InChI is InChI=1S/C23H26N4O3/c1-26(2)23(16-7-4-3-5-8-16)13-11-22(12-14-23)15-27(20(28)25-22)18-10-6-9-17-19(18)30-21(29)24-17/h3-10H,11-15H2,1-2H3,(H,24,29)(H,25,28). The molecule has 2 fully saturated rings. The molecule has 1 saturated heterocycles. The van der Waals surface area contributed by atoms with E-state index in [0.717, 1.165) is 25.7 Å². The number of aromatic hydroxyl groups is 1. The molecular formula is C23H26N4O3. The summed E-state index contributed by atoms with van der Waals surface area (Å²) in [5.74, 6) is 0. The fraction of sp³-hybridized carbons (Fsp3) is 0.391. The van der Waals surface area contributed by atoms with Gasteiger partial charge in [-0.15, -0.1) is 0 Å². The number of hydrogen-bond acceptors (Lipinski definition) is 5. The maximum Gasteiger partial charge on any atom is 0.392 e. The molecule has 5 rings (SSSR count). The Bertz CT molecular complexity index is 1080. The van der Waals surface area contributed by atoms with Gasteiger partial charge in [-0.1, -0.05) is 36.4 Å². The summed E-state index contributed by atoms with van der Waals surface area (Å²) in [6.45, 7) is 0.574. The number of oxazole rings is 1. The molecule has 2 heterocycles. The highest BCUT2D eigenvalue weighted by atomic mass is 16.5. The molecule has 1 aliphatic heterocycles. The zero-order chi connectivity index (χ0) is 20.9. The Balaban J connectivity index is 1.42. The van der Waals surface area contributed by atoms with Gasteiger partial charge in [0.05, 0.1) is 17.8 Å². The van der Waals surface area contributed by atoms with Gasteiger partial charge in [0.15, 0.2) is 5.58 Å². The van der Waals surface area contributed by atoms with Gasteiger partial charge in [-0.3, -0.25) is 9.80 Å². The van der Waals surface area contributed by atoms with Crippen molar-refractivity contribution in [2.45, 2.75) is 36.8 Å². The number of anilines is 1. The summed E-state index contributed by atoms with van der Waals surface area (Å²) in [7, 11) is 4.28. The van der Waals surface area contributed by atoms with Crippen molar-refractivity contribution >= 4 is 22.8 Å². The highest BCUT2D eigenvalue weighted by Crippen LogP contribution is 2.46. The molecule has 2 amide bonds. The lowest BCUT2D eigenvalue weighted by Crippen LogP contribution is -2.54. The Hall–Kier alpha value is -3.06. The highest BCUT2D eigenvalue weighted by molar-refractivity contribution is 6.02. The minimum atomic E-state index is -0.386. The minimum Gasteiger partial charge on any atom is -0.466 e. The van der Waals surface area contributed by atoms with E-state index in [9.17, 15) is 9.90 Å². The third-order valence-electron chi connectivity index (χ3n) is 6.95. The van der Waals surface area contributed by atoms with Crippen molar-refractivity contribution in [2.75, 3.05) is 25.5 Å². The van der Waals surface area contributed by atoms with E-state index in [-0.39, 0.29) is 23.2 Å². The molecule has 0 bridgehead atoms. The zero-order valence-corrected chi connectivity index (χ0v) is 17.3. The lowest BCUT2D eigenvalue weighted by atomic mass is 9.69. The first-order valence-electron chi connectivity index (χ1n) is 10.3. The number of rotatable bonds is 3. The maximum absolute atomic E-state index is 12.9. The van der Waals surface area contributed by atoms with Crippen molar-refractivity contribution in [2.24, 2.45) is 0 Å². The normalized spacial score (nSPS) is 26.6. The molecule has 7 nitrogen and oxygen atoms in total. The number of nitrogens with one attached hydrogen (secondary N) is 1. The number of urea groups is 1. The van der Waals surface area contributed by atoms with Gasteiger partial charge in [-0.05, 0) is 57.5 Å². The van der Waals surface area contributed by atoms with Crippen molar-refractivity contribution in [1.29, 1.82) is 0 Å². The van der Waals surface area contributed by atoms with Crippen LogP contribution in [0.25, 0.3) is 11.1 Å². The van der Waals surface area contributed by atoms with Crippen LogP contribution in [0.1, 0.15) is 31.2 Å². The second-order valence-corrected chi connectivity index (χ2v) is 8.71. The summed E-state index contributed by atoms with van der Waals surface area (Å²) >= 11 is 0. The first kappa shape index (κ1) is 18.9. The fourth-order valence-electron chi connectivity index (χ4n) is 5.21. The summed E-state index contributed by atoms with van der Waals surface area (Å²) in [6, 6.07) is 15.9. The summed E-state index contributed by atoms with van der Waals surface area (Å²) in [4.78, 5) is 21.0. The SMILES string of the molecule is CN(C)C1(c2ccccc2)CCC2(CC1)CN(c1cccc3nc(O)oc13)C(=O)N2. The second-order valence-electron chi connectivity index (χ2n) is 8.71. The van der Waals surface area contributed by atoms with Gasteiger partial charge in [0.1, 0.15) is 5.52 Å². The van der Waals surface area contributed by atoms with Gasteiger partial charge in [0.2, 0.25) is 0 Å². The van der Waals surface area contributed by atoms with Crippen molar-refractivity contribution in [3.8, 4) is 6.08 Å². The topological polar surface area (TPSA) is 81.8 Å². The molecule has 7 heteroatoms. The lowest BCUT2D eigenvalue weighted by molar-refractivity contribution is 0.0658. The molecule has 2 aliphatic rings. The number of aromatic nitrogens is 1. The molecule has 3 aromatic rings. The van der Waals surface area contributed by atoms with Crippen LogP contribution >= 0.6 is 0 Å². The summed E-state index contributed by atoms with van der Waals surface area (Å²) in [6.07, 6.45) is 3.32. The Morgan fingerprint density at radius 1 is 1.07 bits per heavy atom. The van der Waals surface area contributed by atoms with Crippen LogP contribution in [0.15, 0.2) is 52.9 Å². The van der Waals surface area contributed by atoms with Gasteiger partial charge < -0.3 is 14.8 Å². The van der Waals surface area contributed by atoms with Crippen LogP contribution in [0.4, 0.5) is 10.5 Å². The van der Waals surface area contributed by atoms with Gasteiger partial charge >= 0.3 is 12.1 Å². The first-order chi connectivity index (χ1) is 14.4. The van der Waals surface area contributed by atoms with E-state index >= 15 is 0 Å². The number of amides is 2. The van der Waals surface area contributed by atoms with Crippen molar-refractivity contribution < 1.29 is 14.3 Å². The summed E-state index contributed by atoms with van der Waals surface area (Å²) in [5, 5.41) is 12.9. The van der Waals surface area contributed by atoms with E-state index in [4.69, 9.17) is 4.42 Å². The van der Waals surface area contributed by atoms with E-state index in [2.05, 4.69) is 53.6 Å². The number of para-hydroxylation sites is 1. The van der Waals surface area contributed by atoms with Crippen LogP contribution in [0, 0.1) is 0 Å². The lowest BCUT2D eigenvalue weighted by Gasteiger charge is -2.48. The number of fused-ring (bicyclic) bond motifs is 1. The summed E-state index contributed by atoms with van der Waals surface area (Å²) < 4.78 is 5.37. The number of nitrogens with zero attached hydrogens (tertiary/aromatic N) is 3. The Morgan fingerprint density at radius 3 is 2.50 bits per heavy atom. The van der Waals surface area contributed by atoms with Gasteiger partial charge in [0.25, 0.3) is 0 Å². The van der Waals surface area contributed by atoms with Crippen LogP contribution in [0.2, 0.25) is 0 Å². The monoisotopic (exact) mass is 406 g/mol. The largest absolute Gasteiger partial charge is 0.466 e. The average molecular weight is 406 g/mol. The minimum absolute atomic E-state index is 0.0264. The smallest absolute Gasteiger partial charge is 0.392 e. The molecule has 30 heavy (non-hydrogen) atoms. The fourth-order valence-corrected chi connectivity index (χ4v) is 5.21. The van der Waals surface area contributed by atoms with Crippen LogP contribution in [0.3, 0.4) is 0 Å². The predicted molar refractivity (Wildman–Crippen MR) is 115 cm³/mol. The third kappa shape index (κ3) is 2.84. The molecule has 1 aromatic heterocycles. The highest BCUT2D eigenvalue weighted by Gasteiger charge is 2.50. The molecule has 2 aromatic carbocycles. The molecule has 0 radical (unpaired) electrons. The second kappa shape index (κ2) is 6.74. The third-order valence-corrected chi connectivity index (χ3v) is 6.95. The van der Waals surface area contributed by atoms with E-state index in [1.807, 2.05) is 18.2 Å². The van der Waals surface area contributed by atoms with Gasteiger partial charge in [-0.2, -0.15) is 4.98 Å². The molecule has 0 unspecified atom stereocenters. The Morgan fingerprint density at radius 2 is 1.80 bits per heavy atom. The first-order valence-corrected chi connectivity index (χ1v) is 10.3. The molecule has 1 aliphatic carbocycles. The zero-order valence-electron chi connectivity index (χ0n) is 17.3. The maximum atomic E-state index is 12.9. The van der Waals surface area contributed by atoms with Crippen LogP contribution in [0.5, 0.6) is 6.08 Å². The van der Waals surface area contributed by atoms with E-state index < -0.39 is 0 Å². The van der Waals surface area contributed by atoms with Gasteiger partial charge in [0, 0.05) is 5.54 Å². The number of benzene rings is 2. The van der Waals surface area contributed by atoms with E-state index in [1.165, 1.54) is 5.56 Å². The number of hydrogen-bond donors (Lipinski definition) is 2.